The molecule has 0 aliphatic rings. The van der Waals surface area contributed by atoms with Crippen LogP contribution in [0.3, 0.4) is 0 Å². The Morgan fingerprint density at radius 2 is 2.00 bits per heavy atom. The zero-order chi connectivity index (χ0) is 4.28. The van der Waals surface area contributed by atoms with E-state index in [1.807, 2.05) is 0 Å². The van der Waals surface area contributed by atoms with Gasteiger partial charge in [0.2, 0.25) is 0 Å². The van der Waals surface area contributed by atoms with Crippen LogP contribution >= 0.6 is 0 Å². The van der Waals surface area contributed by atoms with Crippen molar-refractivity contribution in [1.29, 1.82) is 0 Å². The summed E-state index contributed by atoms with van der Waals surface area (Å²) in [6, 6.07) is 0. The van der Waals surface area contributed by atoms with Gasteiger partial charge in [0.25, 0.3) is 0 Å². The van der Waals surface area contributed by atoms with E-state index in [4.69, 9.17) is 0 Å². The molecule has 1 radical (unpaired) electrons. The lowest BCUT2D eigenvalue weighted by Gasteiger charge is -1.67. The highest BCUT2D eigenvalue weighted by atomic mass is 19.1. The Morgan fingerprint density at radius 1 is 1.80 bits per heavy atom. The van der Waals surface area contributed by atoms with Crippen LogP contribution in [0, 0.1) is 6.08 Å². The fourth-order valence-corrected chi connectivity index (χ4v) is 0. The molecule has 0 saturated heterocycles. The maximum absolute atomic E-state index is 11.2. The lowest BCUT2D eigenvalue weighted by atomic mass is 10.6. The van der Waals surface area contributed by atoms with Gasteiger partial charge in [0.05, 0.1) is 0 Å². The summed E-state index contributed by atoms with van der Waals surface area (Å²) in [7, 11) is 0. The van der Waals surface area contributed by atoms with Gasteiger partial charge in [-0.25, -0.2) is 4.39 Å². The van der Waals surface area contributed by atoms with Crippen LogP contribution in [0.25, 0.3) is 0 Å². The van der Waals surface area contributed by atoms with Crippen LogP contribution in [-0.2, 0) is 0 Å². The minimum Gasteiger partial charge on any atom is -0.212 e. The van der Waals surface area contributed by atoms with Crippen molar-refractivity contribution in [1.82, 2.24) is 0 Å². The van der Waals surface area contributed by atoms with Crippen LogP contribution in [0.2, 0.25) is 0 Å². The van der Waals surface area contributed by atoms with E-state index in [1.54, 1.807) is 0 Å². The topological polar surface area (TPSA) is 0 Å². The van der Waals surface area contributed by atoms with Gasteiger partial charge < -0.3 is 0 Å². The van der Waals surface area contributed by atoms with Crippen molar-refractivity contribution in [3.05, 3.63) is 11.9 Å². The van der Waals surface area contributed by atoms with E-state index in [9.17, 15) is 4.39 Å². The van der Waals surface area contributed by atoms with E-state index in [0.717, 1.165) is 0 Å². The summed E-state index contributed by atoms with van der Waals surface area (Å²) in [5.74, 6) is -0.245. The van der Waals surface area contributed by atoms with Gasteiger partial charge in [0.1, 0.15) is 5.83 Å². The Labute approximate surface area is 31.3 Å². The fraction of sp³-hybridized carbons (Fsp3) is 0.500. The molecule has 0 fully saturated rings. The van der Waals surface area contributed by atoms with Gasteiger partial charge in [0.15, 0.2) is 0 Å². The van der Waals surface area contributed by atoms with E-state index in [1.165, 1.54) is 13.8 Å². The van der Waals surface area contributed by atoms with Crippen LogP contribution < -0.4 is 0 Å². The van der Waals surface area contributed by atoms with Crippen molar-refractivity contribution in [3.8, 4) is 0 Å². The first-order valence-electron chi connectivity index (χ1n) is 1.44. The number of halogens is 1. The SMILES string of the molecule is C/[C]=C(/C)F. The average molecular weight is 73.1 g/mol. The second-order valence-electron chi connectivity index (χ2n) is 0.783. The molecule has 0 unspecified atom stereocenters. The highest BCUT2D eigenvalue weighted by Gasteiger charge is 1.68. The molecule has 0 aliphatic carbocycles. The molecule has 0 N–H and O–H groups in total. The number of allylic oxidation sites excluding steroid dienone is 2. The molecular formula is C4H6F. The van der Waals surface area contributed by atoms with Crippen molar-refractivity contribution in [2.75, 3.05) is 0 Å². The molecule has 0 bridgehead atoms. The minimum absolute atomic E-state index is 0.245. The summed E-state index contributed by atoms with van der Waals surface area (Å²) in [4.78, 5) is 0. The molecule has 29 valence electrons. The Morgan fingerprint density at radius 3 is 2.00 bits per heavy atom. The third-order valence-corrected chi connectivity index (χ3v) is 0.344. The van der Waals surface area contributed by atoms with Crippen molar-refractivity contribution < 1.29 is 4.39 Å². The Hall–Kier alpha value is -0.330. The highest BCUT2D eigenvalue weighted by Crippen LogP contribution is 1.86. The first-order valence-corrected chi connectivity index (χ1v) is 1.44. The largest absolute Gasteiger partial charge is 0.212 e. The third-order valence-electron chi connectivity index (χ3n) is 0.344. The third kappa shape index (κ3) is 3.67. The second kappa shape index (κ2) is 1.94. The maximum atomic E-state index is 11.2. The van der Waals surface area contributed by atoms with E-state index in [-0.39, 0.29) is 5.83 Å². The summed E-state index contributed by atoms with van der Waals surface area (Å²) in [5.41, 5.74) is 0. The van der Waals surface area contributed by atoms with Crippen LogP contribution in [0.4, 0.5) is 4.39 Å². The minimum atomic E-state index is -0.245. The van der Waals surface area contributed by atoms with Gasteiger partial charge in [-0.3, -0.25) is 0 Å². The molecule has 0 aromatic rings. The van der Waals surface area contributed by atoms with Crippen molar-refractivity contribution >= 4 is 0 Å². The highest BCUT2D eigenvalue weighted by molar-refractivity contribution is 4.73. The average Bonchev–Trinajstić information content (AvgIpc) is 1.38. The first-order chi connectivity index (χ1) is 2.27. The Bertz CT molecular complexity index is 41.6. The quantitative estimate of drug-likeness (QED) is 0.409. The maximum Gasteiger partial charge on any atom is 0.100 e. The molecule has 0 saturated carbocycles. The number of hydrogen-bond acceptors (Lipinski definition) is 0. The fourth-order valence-electron chi connectivity index (χ4n) is 0. The lowest BCUT2D eigenvalue weighted by Crippen LogP contribution is -1.49. The Kier molecular flexibility index (Phi) is 1.81. The monoisotopic (exact) mass is 73.0 g/mol. The molecule has 0 aliphatic heterocycles. The van der Waals surface area contributed by atoms with Crippen molar-refractivity contribution in [2.24, 2.45) is 0 Å². The summed E-state index contributed by atoms with van der Waals surface area (Å²) in [5, 5.41) is 0. The van der Waals surface area contributed by atoms with E-state index >= 15 is 0 Å². The van der Waals surface area contributed by atoms with Gasteiger partial charge in [-0.2, -0.15) is 0 Å². The van der Waals surface area contributed by atoms with Crippen LogP contribution in [-0.4, -0.2) is 0 Å². The second-order valence-corrected chi connectivity index (χ2v) is 0.783. The molecule has 0 rings (SSSR count). The zero-order valence-electron chi connectivity index (χ0n) is 3.38. The molecule has 0 atom stereocenters. The normalized spacial score (nSPS) is 12.2. The van der Waals surface area contributed by atoms with Crippen LogP contribution in [0.15, 0.2) is 5.83 Å². The van der Waals surface area contributed by atoms with Crippen molar-refractivity contribution in [3.63, 3.8) is 0 Å². The van der Waals surface area contributed by atoms with E-state index in [2.05, 4.69) is 6.08 Å². The number of rotatable bonds is 0. The summed E-state index contributed by atoms with van der Waals surface area (Å²) < 4.78 is 11.2. The van der Waals surface area contributed by atoms with Crippen LogP contribution in [0.1, 0.15) is 13.8 Å². The van der Waals surface area contributed by atoms with E-state index < -0.39 is 0 Å². The van der Waals surface area contributed by atoms with Gasteiger partial charge in [0, 0.05) is 0 Å². The molecule has 5 heavy (non-hydrogen) atoms. The first kappa shape index (κ1) is 4.67. The van der Waals surface area contributed by atoms with Gasteiger partial charge in [-0.05, 0) is 19.9 Å². The molecule has 0 nitrogen and oxygen atoms in total. The smallest absolute Gasteiger partial charge is 0.100 e. The molecule has 0 aromatic heterocycles. The summed E-state index contributed by atoms with van der Waals surface area (Å²) in [6.45, 7) is 2.90. The molecule has 0 amide bonds. The van der Waals surface area contributed by atoms with E-state index in [0.29, 0.717) is 0 Å². The Balaban J connectivity index is 3.14. The predicted molar refractivity (Wildman–Crippen MR) is 19.2 cm³/mol. The standard InChI is InChI=1S/C4H6F/c1-3-4(2)5/h1-2H3. The van der Waals surface area contributed by atoms with Gasteiger partial charge >= 0.3 is 0 Å². The predicted octanol–water partition coefficient (Wildman–Crippen LogP) is 1.68. The van der Waals surface area contributed by atoms with Gasteiger partial charge in [-0.1, -0.05) is 0 Å². The van der Waals surface area contributed by atoms with Crippen LogP contribution in [0.5, 0.6) is 0 Å². The molecular weight excluding hydrogens is 67.0 g/mol. The lowest BCUT2D eigenvalue weighted by molar-refractivity contribution is 0.633. The molecule has 0 heterocycles. The number of hydrogen-bond donors (Lipinski definition) is 0. The molecule has 1 heteroatoms. The molecule has 0 spiro atoms. The summed E-state index contributed by atoms with van der Waals surface area (Å²) in [6.07, 6.45) is 2.28. The zero-order valence-corrected chi connectivity index (χ0v) is 3.38. The summed E-state index contributed by atoms with van der Waals surface area (Å²) >= 11 is 0. The van der Waals surface area contributed by atoms with Crippen molar-refractivity contribution in [2.45, 2.75) is 13.8 Å². The van der Waals surface area contributed by atoms with Gasteiger partial charge in [-0.15, -0.1) is 0 Å². The molecule has 0 aromatic carbocycles.